The van der Waals surface area contributed by atoms with Crippen molar-refractivity contribution in [3.05, 3.63) is 0 Å². The Morgan fingerprint density at radius 1 is 1.38 bits per heavy atom. The lowest BCUT2D eigenvalue weighted by atomic mass is 10.2. The second-order valence-corrected chi connectivity index (χ2v) is 5.98. The zero-order valence-corrected chi connectivity index (χ0v) is 11.0. The second-order valence-electron chi connectivity index (χ2n) is 4.04. The number of carbonyl (C=O) groups is 1. The molecule has 1 saturated heterocycles. The maximum absolute atomic E-state index is 12.1. The summed E-state index contributed by atoms with van der Waals surface area (Å²) in [5.74, 6) is -0.0621. The largest absolute Gasteiger partial charge is 0.342 e. The van der Waals surface area contributed by atoms with Crippen molar-refractivity contribution < 1.29 is 13.2 Å². The lowest BCUT2D eigenvalue weighted by molar-refractivity contribution is -0.134. The van der Waals surface area contributed by atoms with Crippen LogP contribution in [0.3, 0.4) is 0 Å². The van der Waals surface area contributed by atoms with E-state index in [0.717, 1.165) is 6.42 Å². The molecular weight excluding hydrogens is 228 g/mol. The van der Waals surface area contributed by atoms with Gasteiger partial charge in [0.25, 0.3) is 0 Å². The summed E-state index contributed by atoms with van der Waals surface area (Å²) in [6.07, 6.45) is 2.58. The molecule has 94 valence electrons. The number of hydrogen-bond acceptors (Lipinski definition) is 3. The fraction of sp³-hybridized carbons (Fsp3) is 0.900. The second kappa shape index (κ2) is 5.14. The first-order valence-electron chi connectivity index (χ1n) is 5.67. The predicted molar refractivity (Wildman–Crippen MR) is 62.5 cm³/mol. The Bertz CT molecular complexity index is 349. The molecule has 1 atom stereocenters. The Morgan fingerprint density at radius 2 is 1.94 bits per heavy atom. The van der Waals surface area contributed by atoms with E-state index in [1.807, 2.05) is 13.8 Å². The molecule has 0 saturated carbocycles. The van der Waals surface area contributed by atoms with Gasteiger partial charge in [-0.3, -0.25) is 4.79 Å². The molecule has 0 N–H and O–H groups in total. The molecule has 1 heterocycles. The van der Waals surface area contributed by atoms with Crippen LogP contribution in [0.1, 0.15) is 26.7 Å². The van der Waals surface area contributed by atoms with Gasteiger partial charge in [0.05, 0.1) is 6.26 Å². The molecule has 0 aromatic heterocycles. The van der Waals surface area contributed by atoms with Crippen molar-refractivity contribution in [3.8, 4) is 0 Å². The highest BCUT2D eigenvalue weighted by Gasteiger charge is 2.37. The summed E-state index contributed by atoms with van der Waals surface area (Å²) in [5, 5.41) is 0. The van der Waals surface area contributed by atoms with Crippen LogP contribution in [0.4, 0.5) is 0 Å². The summed E-state index contributed by atoms with van der Waals surface area (Å²) < 4.78 is 24.3. The monoisotopic (exact) mass is 248 g/mol. The van der Waals surface area contributed by atoms with Gasteiger partial charge in [-0.1, -0.05) is 0 Å². The highest BCUT2D eigenvalue weighted by atomic mass is 32.2. The van der Waals surface area contributed by atoms with Gasteiger partial charge in [0.15, 0.2) is 0 Å². The topological polar surface area (TPSA) is 57.7 Å². The van der Waals surface area contributed by atoms with Crippen LogP contribution < -0.4 is 0 Å². The molecule has 1 rings (SSSR count). The van der Waals surface area contributed by atoms with Gasteiger partial charge >= 0.3 is 0 Å². The smallest absolute Gasteiger partial charge is 0.241 e. The van der Waals surface area contributed by atoms with E-state index in [4.69, 9.17) is 0 Å². The number of carbonyl (C=O) groups excluding carboxylic acids is 1. The molecule has 1 unspecified atom stereocenters. The van der Waals surface area contributed by atoms with Crippen molar-refractivity contribution in [1.29, 1.82) is 0 Å². The summed E-state index contributed by atoms with van der Waals surface area (Å²) in [4.78, 5) is 13.8. The van der Waals surface area contributed by atoms with E-state index < -0.39 is 16.1 Å². The highest BCUT2D eigenvalue weighted by molar-refractivity contribution is 7.88. The standard InChI is InChI=1S/C10H20N2O3S/c1-4-11(5-2)10(13)9-7-6-8-12(9)16(3,14)15/h9H,4-8H2,1-3H3. The number of rotatable bonds is 4. The van der Waals surface area contributed by atoms with E-state index in [1.165, 1.54) is 10.6 Å². The van der Waals surface area contributed by atoms with Crippen LogP contribution in [0, 0.1) is 0 Å². The average Bonchev–Trinajstić information content (AvgIpc) is 2.67. The van der Waals surface area contributed by atoms with Crippen molar-refractivity contribution in [2.75, 3.05) is 25.9 Å². The van der Waals surface area contributed by atoms with Crippen LogP contribution in [0.5, 0.6) is 0 Å². The minimum Gasteiger partial charge on any atom is -0.342 e. The lowest BCUT2D eigenvalue weighted by Crippen LogP contribution is -2.47. The molecule has 16 heavy (non-hydrogen) atoms. The quantitative estimate of drug-likeness (QED) is 0.718. The summed E-state index contributed by atoms with van der Waals surface area (Å²) >= 11 is 0. The zero-order valence-electron chi connectivity index (χ0n) is 10.1. The average molecular weight is 248 g/mol. The van der Waals surface area contributed by atoms with Crippen molar-refractivity contribution in [2.24, 2.45) is 0 Å². The minimum absolute atomic E-state index is 0.0621. The van der Waals surface area contributed by atoms with Crippen molar-refractivity contribution in [1.82, 2.24) is 9.21 Å². The van der Waals surface area contributed by atoms with Crippen molar-refractivity contribution in [3.63, 3.8) is 0 Å². The predicted octanol–water partition coefficient (Wildman–Crippen LogP) is 0.279. The fourth-order valence-electron chi connectivity index (χ4n) is 2.13. The molecule has 0 bridgehead atoms. The van der Waals surface area contributed by atoms with Gasteiger partial charge in [-0.2, -0.15) is 4.31 Å². The third kappa shape index (κ3) is 2.74. The van der Waals surface area contributed by atoms with Gasteiger partial charge in [0.2, 0.25) is 15.9 Å². The first-order valence-corrected chi connectivity index (χ1v) is 7.52. The number of likely N-dealkylation sites (N-methyl/N-ethyl adjacent to an activating group) is 1. The molecule has 6 heteroatoms. The molecule has 0 aromatic carbocycles. The number of hydrogen-bond donors (Lipinski definition) is 0. The number of sulfonamides is 1. The van der Waals surface area contributed by atoms with Gasteiger partial charge in [0, 0.05) is 19.6 Å². The number of amides is 1. The summed E-state index contributed by atoms with van der Waals surface area (Å²) in [6.45, 7) is 5.53. The Kier molecular flexibility index (Phi) is 4.32. The van der Waals surface area contributed by atoms with Crippen LogP contribution in [-0.2, 0) is 14.8 Å². The van der Waals surface area contributed by atoms with Crippen LogP contribution in [-0.4, -0.2) is 55.5 Å². The molecule has 1 fully saturated rings. The van der Waals surface area contributed by atoms with Gasteiger partial charge < -0.3 is 4.90 Å². The Balaban J connectivity index is 2.83. The third-order valence-electron chi connectivity index (χ3n) is 2.99. The number of nitrogens with zero attached hydrogens (tertiary/aromatic N) is 2. The molecule has 1 aliphatic heterocycles. The van der Waals surface area contributed by atoms with E-state index in [2.05, 4.69) is 0 Å². The lowest BCUT2D eigenvalue weighted by Gasteiger charge is -2.27. The molecule has 0 radical (unpaired) electrons. The van der Waals surface area contributed by atoms with Gasteiger partial charge in [0.1, 0.15) is 6.04 Å². The van der Waals surface area contributed by atoms with E-state index in [9.17, 15) is 13.2 Å². The van der Waals surface area contributed by atoms with Gasteiger partial charge in [-0.25, -0.2) is 8.42 Å². The van der Waals surface area contributed by atoms with E-state index in [-0.39, 0.29) is 5.91 Å². The molecule has 0 spiro atoms. The molecule has 0 aliphatic carbocycles. The van der Waals surface area contributed by atoms with E-state index >= 15 is 0 Å². The van der Waals surface area contributed by atoms with E-state index in [0.29, 0.717) is 26.1 Å². The van der Waals surface area contributed by atoms with Crippen LogP contribution in [0.2, 0.25) is 0 Å². The summed E-state index contributed by atoms with van der Waals surface area (Å²) in [5.41, 5.74) is 0. The normalized spacial score (nSPS) is 22.3. The fourth-order valence-corrected chi connectivity index (χ4v) is 3.25. The zero-order chi connectivity index (χ0) is 12.3. The summed E-state index contributed by atoms with van der Waals surface area (Å²) in [6, 6.07) is -0.477. The van der Waals surface area contributed by atoms with Gasteiger partial charge in [-0.05, 0) is 26.7 Å². The first kappa shape index (κ1) is 13.4. The molecule has 1 aliphatic rings. The Morgan fingerprint density at radius 3 is 2.38 bits per heavy atom. The summed E-state index contributed by atoms with van der Waals surface area (Å²) in [7, 11) is -3.26. The van der Waals surface area contributed by atoms with E-state index in [1.54, 1.807) is 4.90 Å². The van der Waals surface area contributed by atoms with Gasteiger partial charge in [-0.15, -0.1) is 0 Å². The maximum atomic E-state index is 12.1. The SMILES string of the molecule is CCN(CC)C(=O)C1CCCN1S(C)(=O)=O. The molecular formula is C10H20N2O3S. The molecule has 5 nitrogen and oxygen atoms in total. The van der Waals surface area contributed by atoms with Crippen molar-refractivity contribution in [2.45, 2.75) is 32.7 Å². The molecule has 1 amide bonds. The maximum Gasteiger partial charge on any atom is 0.241 e. The third-order valence-corrected chi connectivity index (χ3v) is 4.28. The Hall–Kier alpha value is -0.620. The minimum atomic E-state index is -3.26. The van der Waals surface area contributed by atoms with Crippen LogP contribution >= 0.6 is 0 Å². The first-order chi connectivity index (χ1) is 7.41. The van der Waals surface area contributed by atoms with Crippen LogP contribution in [0.15, 0.2) is 0 Å². The highest BCUT2D eigenvalue weighted by Crippen LogP contribution is 2.21. The van der Waals surface area contributed by atoms with Crippen LogP contribution in [0.25, 0.3) is 0 Å². The molecule has 0 aromatic rings. The van der Waals surface area contributed by atoms with Crippen molar-refractivity contribution >= 4 is 15.9 Å². The Labute approximate surface area is 97.5 Å².